The van der Waals surface area contributed by atoms with Crippen LogP contribution in [0, 0.1) is 0 Å². The average Bonchev–Trinajstić information content (AvgIpc) is 3.83. The first-order chi connectivity index (χ1) is 25.3. The van der Waals surface area contributed by atoms with Gasteiger partial charge >= 0.3 is 6.03 Å². The number of pyridine rings is 1. The number of imide groups is 1. The summed E-state index contributed by atoms with van der Waals surface area (Å²) in [4.78, 5) is 61.6. The normalized spacial score (nSPS) is 19.4. The molecule has 0 spiro atoms. The third-order valence-corrected chi connectivity index (χ3v) is 11.1. The summed E-state index contributed by atoms with van der Waals surface area (Å²) in [5.41, 5.74) is 4.54. The number of rotatable bonds is 8. The number of carbonyl (C=O) groups excluding carboxylic acids is 3. The summed E-state index contributed by atoms with van der Waals surface area (Å²) >= 11 is 0. The number of fused-ring (bicyclic) bond motifs is 1. The van der Waals surface area contributed by atoms with Crippen molar-refractivity contribution in [1.29, 1.82) is 0 Å². The van der Waals surface area contributed by atoms with Crippen molar-refractivity contribution >= 4 is 57.7 Å². The van der Waals surface area contributed by atoms with Gasteiger partial charge in [-0.15, -0.1) is 0 Å². The molecule has 272 valence electrons. The summed E-state index contributed by atoms with van der Waals surface area (Å²) < 4.78 is 2.13. The molecule has 1 saturated carbocycles. The Hall–Kier alpha value is -5.24. The standard InChI is InChI=1S/C38H47N11O3/c1-44(2)36(51)32-23-26-24-40-37(43-35(26)49(32)30-5-3-4-6-30)41-33-12-11-31(25-39-33)47-21-19-46(20-22-47)28-13-16-45(17-14-28)27-7-9-29(10-8-27)48-18-15-34(50)42-38(48)52/h7-12,23-25,28,30H,3-6,13-22H2,1-2H3,(H,42,50,52)(H,39,40,41,43). The monoisotopic (exact) mass is 705 g/mol. The quantitative estimate of drug-likeness (QED) is 0.267. The van der Waals surface area contributed by atoms with Gasteiger partial charge in [0, 0.05) is 101 Å². The number of amides is 4. The average molecular weight is 706 g/mol. The lowest BCUT2D eigenvalue weighted by Gasteiger charge is -2.43. The number of hydrogen-bond donors (Lipinski definition) is 2. The van der Waals surface area contributed by atoms with E-state index in [0.717, 1.165) is 100 Å². The van der Waals surface area contributed by atoms with E-state index in [1.165, 1.54) is 5.69 Å². The maximum atomic E-state index is 13.1. The Morgan fingerprint density at radius 2 is 1.48 bits per heavy atom. The topological polar surface area (TPSA) is 135 Å². The van der Waals surface area contributed by atoms with Crippen molar-refractivity contribution in [2.75, 3.05) is 79.9 Å². The van der Waals surface area contributed by atoms with Gasteiger partial charge in [0.05, 0.1) is 11.9 Å². The molecule has 3 aliphatic heterocycles. The maximum absolute atomic E-state index is 13.1. The molecule has 14 heteroatoms. The van der Waals surface area contributed by atoms with Crippen molar-refractivity contribution in [3.05, 3.63) is 60.6 Å². The fourth-order valence-electron chi connectivity index (χ4n) is 8.24. The molecule has 0 bridgehead atoms. The van der Waals surface area contributed by atoms with E-state index in [4.69, 9.17) is 9.97 Å². The molecule has 14 nitrogen and oxygen atoms in total. The predicted octanol–water partition coefficient (Wildman–Crippen LogP) is 4.62. The Labute approximate surface area is 303 Å². The first kappa shape index (κ1) is 33.9. The number of benzene rings is 1. The van der Waals surface area contributed by atoms with Crippen LogP contribution in [0.4, 0.5) is 33.6 Å². The molecule has 8 rings (SSSR count). The van der Waals surface area contributed by atoms with Gasteiger partial charge in [-0.1, -0.05) is 12.8 Å². The van der Waals surface area contributed by atoms with Gasteiger partial charge in [0.2, 0.25) is 11.9 Å². The fraction of sp³-hybridized carbons (Fsp3) is 0.474. The van der Waals surface area contributed by atoms with Crippen LogP contribution in [0.15, 0.2) is 54.9 Å². The molecule has 4 aliphatic rings. The summed E-state index contributed by atoms with van der Waals surface area (Å²) in [6, 6.07) is 14.6. The second kappa shape index (κ2) is 14.4. The number of piperazine rings is 1. The van der Waals surface area contributed by atoms with Gasteiger partial charge in [-0.3, -0.25) is 24.7 Å². The van der Waals surface area contributed by atoms with Crippen LogP contribution < -0.4 is 25.3 Å². The van der Waals surface area contributed by atoms with Crippen molar-refractivity contribution in [3.63, 3.8) is 0 Å². The molecule has 1 aromatic carbocycles. The van der Waals surface area contributed by atoms with Crippen LogP contribution in [0.2, 0.25) is 0 Å². The van der Waals surface area contributed by atoms with Crippen LogP contribution in [0.1, 0.15) is 61.5 Å². The number of hydrogen-bond acceptors (Lipinski definition) is 10. The summed E-state index contributed by atoms with van der Waals surface area (Å²) in [7, 11) is 3.57. The lowest BCUT2D eigenvalue weighted by molar-refractivity contribution is -0.120. The van der Waals surface area contributed by atoms with Crippen LogP contribution in [-0.2, 0) is 4.79 Å². The number of anilines is 5. The molecule has 4 amide bonds. The summed E-state index contributed by atoms with van der Waals surface area (Å²) in [6.07, 6.45) is 10.7. The number of nitrogens with zero attached hydrogens (tertiary/aromatic N) is 9. The van der Waals surface area contributed by atoms with Crippen molar-refractivity contribution in [3.8, 4) is 0 Å². The van der Waals surface area contributed by atoms with Crippen LogP contribution in [0.5, 0.6) is 0 Å². The highest BCUT2D eigenvalue weighted by Crippen LogP contribution is 2.35. The Balaban J connectivity index is 0.839. The minimum Gasteiger partial charge on any atom is -0.371 e. The Kier molecular flexibility index (Phi) is 9.39. The number of piperidine rings is 1. The van der Waals surface area contributed by atoms with E-state index in [2.05, 4.69) is 53.1 Å². The molecule has 3 saturated heterocycles. The van der Waals surface area contributed by atoms with E-state index in [1.54, 1.807) is 30.1 Å². The van der Waals surface area contributed by atoms with Crippen LogP contribution >= 0.6 is 0 Å². The van der Waals surface area contributed by atoms with E-state index in [-0.39, 0.29) is 23.9 Å². The molecule has 0 radical (unpaired) electrons. The Morgan fingerprint density at radius 3 is 2.15 bits per heavy atom. The largest absolute Gasteiger partial charge is 0.371 e. The molecule has 1 aliphatic carbocycles. The third-order valence-electron chi connectivity index (χ3n) is 11.1. The number of aromatic nitrogens is 4. The summed E-state index contributed by atoms with van der Waals surface area (Å²) in [6.45, 7) is 6.36. The number of nitrogens with one attached hydrogen (secondary N) is 2. The Bertz CT molecular complexity index is 1920. The van der Waals surface area contributed by atoms with Gasteiger partial charge < -0.3 is 24.6 Å². The SMILES string of the molecule is CN(C)C(=O)c1cc2cnc(Nc3ccc(N4CCN(C5CCN(c6ccc(N7CCC(=O)NC7=O)cc6)CC5)CC4)cn3)nc2n1C1CCCC1. The van der Waals surface area contributed by atoms with Crippen LogP contribution in [0.25, 0.3) is 11.0 Å². The smallest absolute Gasteiger partial charge is 0.328 e. The second-order valence-electron chi connectivity index (χ2n) is 14.5. The molecular weight excluding hydrogens is 658 g/mol. The molecule has 4 aromatic rings. The molecule has 52 heavy (non-hydrogen) atoms. The minimum absolute atomic E-state index is 0.0191. The summed E-state index contributed by atoms with van der Waals surface area (Å²) in [5, 5.41) is 6.55. The second-order valence-corrected chi connectivity index (χ2v) is 14.5. The van der Waals surface area contributed by atoms with Crippen molar-refractivity contribution in [2.24, 2.45) is 0 Å². The molecule has 0 atom stereocenters. The van der Waals surface area contributed by atoms with Crippen LogP contribution in [-0.4, -0.2) is 113 Å². The van der Waals surface area contributed by atoms with Gasteiger partial charge in [0.15, 0.2) is 0 Å². The van der Waals surface area contributed by atoms with E-state index < -0.39 is 0 Å². The van der Waals surface area contributed by atoms with Gasteiger partial charge in [0.1, 0.15) is 17.2 Å². The number of carbonyl (C=O) groups is 3. The van der Waals surface area contributed by atoms with Gasteiger partial charge in [0.25, 0.3) is 5.91 Å². The lowest BCUT2D eigenvalue weighted by atomic mass is 10.0. The van der Waals surface area contributed by atoms with Crippen LogP contribution in [0.3, 0.4) is 0 Å². The van der Waals surface area contributed by atoms with E-state index >= 15 is 0 Å². The molecule has 6 heterocycles. The minimum atomic E-state index is -0.352. The van der Waals surface area contributed by atoms with E-state index in [0.29, 0.717) is 36.5 Å². The van der Waals surface area contributed by atoms with E-state index in [9.17, 15) is 14.4 Å². The lowest BCUT2D eigenvalue weighted by Crippen LogP contribution is -2.53. The zero-order valence-electron chi connectivity index (χ0n) is 30.0. The number of urea groups is 1. The molecular formula is C38H47N11O3. The van der Waals surface area contributed by atoms with Crippen molar-refractivity contribution in [1.82, 2.24) is 34.6 Å². The highest BCUT2D eigenvalue weighted by atomic mass is 16.2. The van der Waals surface area contributed by atoms with E-state index in [1.807, 2.05) is 30.5 Å². The fourth-order valence-corrected chi connectivity index (χ4v) is 8.24. The van der Waals surface area contributed by atoms with Gasteiger partial charge in [-0.05, 0) is 68.1 Å². The molecule has 0 unspecified atom stereocenters. The van der Waals surface area contributed by atoms with Crippen molar-refractivity contribution < 1.29 is 14.4 Å². The molecule has 2 N–H and O–H groups in total. The third kappa shape index (κ3) is 6.86. The summed E-state index contributed by atoms with van der Waals surface area (Å²) in [5.74, 6) is 0.911. The highest BCUT2D eigenvalue weighted by molar-refractivity contribution is 6.05. The first-order valence-electron chi connectivity index (χ1n) is 18.6. The zero-order valence-corrected chi connectivity index (χ0v) is 30.0. The maximum Gasteiger partial charge on any atom is 0.328 e. The van der Waals surface area contributed by atoms with Crippen molar-refractivity contribution in [2.45, 2.75) is 57.0 Å². The Morgan fingerprint density at radius 1 is 0.788 bits per heavy atom. The van der Waals surface area contributed by atoms with Gasteiger partial charge in [-0.2, -0.15) is 4.98 Å². The zero-order chi connectivity index (χ0) is 35.8. The predicted molar refractivity (Wildman–Crippen MR) is 202 cm³/mol. The van der Waals surface area contributed by atoms with Gasteiger partial charge in [-0.25, -0.2) is 14.8 Å². The highest BCUT2D eigenvalue weighted by Gasteiger charge is 2.30. The first-order valence-corrected chi connectivity index (χ1v) is 18.6. The molecule has 3 aromatic heterocycles. The molecule has 4 fully saturated rings.